The van der Waals surface area contributed by atoms with Crippen molar-refractivity contribution in [1.82, 2.24) is 10.1 Å². The Hall–Kier alpha value is -3.50. The minimum absolute atomic E-state index is 0.0141. The number of aliphatic carboxylic acids is 1. The highest BCUT2D eigenvalue weighted by Crippen LogP contribution is 2.33. The van der Waals surface area contributed by atoms with E-state index in [4.69, 9.17) is 27.3 Å². The molecular weight excluding hydrogens is 442 g/mol. The Morgan fingerprint density at radius 2 is 2.06 bits per heavy atom. The maximum absolute atomic E-state index is 11.2. The number of nitrogens with zero attached hydrogens (tertiary/aromatic N) is 2. The average Bonchev–Trinajstić information content (AvgIpc) is 3.45. The molecule has 2 atom stereocenters. The molecule has 0 spiro atoms. The fourth-order valence-corrected chi connectivity index (χ4v) is 4.15. The van der Waals surface area contributed by atoms with Crippen molar-refractivity contribution >= 4 is 23.3 Å². The molecule has 2 aromatic carbocycles. The molecule has 170 valence electrons. The first-order valence-electron chi connectivity index (χ1n) is 10.7. The quantitative estimate of drug-likeness (QED) is 0.445. The van der Waals surface area contributed by atoms with Crippen molar-refractivity contribution in [2.45, 2.75) is 45.3 Å². The van der Waals surface area contributed by atoms with Gasteiger partial charge in [0.2, 0.25) is 5.82 Å². The Kier molecular flexibility index (Phi) is 6.57. The summed E-state index contributed by atoms with van der Waals surface area (Å²) in [6.07, 6.45) is 7.78. The van der Waals surface area contributed by atoms with Crippen LogP contribution in [0, 0.1) is 18.3 Å². The zero-order chi connectivity index (χ0) is 23.5. The molecule has 1 saturated carbocycles. The zero-order valence-corrected chi connectivity index (χ0v) is 19.1. The normalized spacial score (nSPS) is 17.7. The van der Waals surface area contributed by atoms with Crippen LogP contribution in [0.15, 0.2) is 40.9 Å². The van der Waals surface area contributed by atoms with E-state index in [0.29, 0.717) is 52.0 Å². The number of hydrogen-bond donors (Lipinski definition) is 2. The van der Waals surface area contributed by atoms with Crippen molar-refractivity contribution in [3.8, 4) is 40.9 Å². The predicted octanol–water partition coefficient (Wildman–Crippen LogP) is 5.49. The molecule has 3 aromatic rings. The van der Waals surface area contributed by atoms with E-state index in [1.807, 2.05) is 32.0 Å². The first kappa shape index (κ1) is 22.7. The molecule has 2 N–H and O–H groups in total. The standard InChI is InChI=1S/C25H24ClN3O4/c1-4-15-11-17(6-9-21(15)27-19-8-5-18(12-19)25(30)31)24-28-23(29-33-24)16-7-10-22(20(26)13-16)32-14(2)3/h1,6-7,9-11,13-14,18-19,27H,5,8,12H2,2-3H3,(H,30,31). The molecular formula is C25H24ClN3O4. The fraction of sp³-hybridized carbons (Fsp3) is 0.320. The van der Waals surface area contributed by atoms with Gasteiger partial charge in [0.1, 0.15) is 5.75 Å². The Labute approximate surface area is 197 Å². The van der Waals surface area contributed by atoms with Crippen molar-refractivity contribution < 1.29 is 19.2 Å². The largest absolute Gasteiger partial charge is 0.489 e. The first-order chi connectivity index (χ1) is 15.8. The number of anilines is 1. The molecule has 4 rings (SSSR count). The molecule has 0 radical (unpaired) electrons. The number of ether oxygens (including phenoxy) is 1. The van der Waals surface area contributed by atoms with Crippen LogP contribution in [0.3, 0.4) is 0 Å². The Balaban J connectivity index is 1.52. The number of aromatic nitrogens is 2. The smallest absolute Gasteiger partial charge is 0.306 e. The zero-order valence-electron chi connectivity index (χ0n) is 18.3. The van der Waals surface area contributed by atoms with Crippen LogP contribution in [-0.2, 0) is 4.79 Å². The Morgan fingerprint density at radius 1 is 1.27 bits per heavy atom. The molecule has 0 saturated heterocycles. The molecule has 2 unspecified atom stereocenters. The molecule has 1 heterocycles. The second kappa shape index (κ2) is 9.55. The van der Waals surface area contributed by atoms with Gasteiger partial charge in [-0.1, -0.05) is 22.7 Å². The van der Waals surface area contributed by atoms with Crippen LogP contribution in [0.2, 0.25) is 5.02 Å². The molecule has 1 aliphatic rings. The lowest BCUT2D eigenvalue weighted by Gasteiger charge is -2.16. The molecule has 1 fully saturated rings. The molecule has 7 nitrogen and oxygen atoms in total. The third kappa shape index (κ3) is 5.12. The van der Waals surface area contributed by atoms with Gasteiger partial charge in [-0.3, -0.25) is 4.79 Å². The minimum atomic E-state index is -0.748. The van der Waals surface area contributed by atoms with Crippen molar-refractivity contribution in [2.24, 2.45) is 5.92 Å². The summed E-state index contributed by atoms with van der Waals surface area (Å²) in [4.78, 5) is 15.7. The van der Waals surface area contributed by atoms with Crippen molar-refractivity contribution in [3.05, 3.63) is 47.0 Å². The highest BCUT2D eigenvalue weighted by atomic mass is 35.5. The summed E-state index contributed by atoms with van der Waals surface area (Å²) >= 11 is 6.33. The van der Waals surface area contributed by atoms with Gasteiger partial charge in [-0.25, -0.2) is 0 Å². The molecule has 0 bridgehead atoms. The summed E-state index contributed by atoms with van der Waals surface area (Å²) in [6.45, 7) is 3.86. The maximum atomic E-state index is 11.2. The fourth-order valence-electron chi connectivity index (χ4n) is 3.93. The van der Waals surface area contributed by atoms with Crippen LogP contribution in [0.5, 0.6) is 5.75 Å². The van der Waals surface area contributed by atoms with Gasteiger partial charge in [-0.15, -0.1) is 6.42 Å². The van der Waals surface area contributed by atoms with E-state index in [-0.39, 0.29) is 18.1 Å². The van der Waals surface area contributed by atoms with Crippen molar-refractivity contribution in [3.63, 3.8) is 0 Å². The lowest BCUT2D eigenvalue weighted by Crippen LogP contribution is -2.18. The lowest BCUT2D eigenvalue weighted by molar-refractivity contribution is -0.141. The number of halogens is 1. The lowest BCUT2D eigenvalue weighted by atomic mass is 10.1. The van der Waals surface area contributed by atoms with Gasteiger partial charge in [0.25, 0.3) is 5.89 Å². The first-order valence-corrected chi connectivity index (χ1v) is 11.1. The highest BCUT2D eigenvalue weighted by Gasteiger charge is 2.30. The van der Waals surface area contributed by atoms with Crippen LogP contribution in [-0.4, -0.2) is 33.4 Å². The van der Waals surface area contributed by atoms with Gasteiger partial charge in [0.05, 0.1) is 22.7 Å². The van der Waals surface area contributed by atoms with Gasteiger partial charge in [-0.05, 0) is 69.5 Å². The number of rotatable bonds is 7. The molecule has 8 heteroatoms. The van der Waals surface area contributed by atoms with Crippen molar-refractivity contribution in [2.75, 3.05) is 5.32 Å². The minimum Gasteiger partial charge on any atom is -0.489 e. The summed E-state index contributed by atoms with van der Waals surface area (Å²) < 4.78 is 11.1. The van der Waals surface area contributed by atoms with Crippen LogP contribution in [0.1, 0.15) is 38.7 Å². The molecule has 1 aromatic heterocycles. The number of benzene rings is 2. The monoisotopic (exact) mass is 465 g/mol. The summed E-state index contributed by atoms with van der Waals surface area (Å²) in [6, 6.07) is 10.9. The number of nitrogens with one attached hydrogen (secondary N) is 1. The second-order valence-electron chi connectivity index (χ2n) is 8.33. The van der Waals surface area contributed by atoms with E-state index in [1.54, 1.807) is 18.2 Å². The summed E-state index contributed by atoms with van der Waals surface area (Å²) in [7, 11) is 0. The van der Waals surface area contributed by atoms with Gasteiger partial charge in [-0.2, -0.15) is 4.98 Å². The van der Waals surface area contributed by atoms with Crippen molar-refractivity contribution in [1.29, 1.82) is 0 Å². The second-order valence-corrected chi connectivity index (χ2v) is 8.74. The SMILES string of the molecule is C#Cc1cc(-c2nc(-c3ccc(OC(C)C)c(Cl)c3)no2)ccc1NC1CCC(C(=O)O)C1. The Morgan fingerprint density at radius 3 is 2.73 bits per heavy atom. The number of hydrogen-bond acceptors (Lipinski definition) is 6. The topological polar surface area (TPSA) is 97.5 Å². The van der Waals surface area contributed by atoms with Crippen LogP contribution in [0.25, 0.3) is 22.8 Å². The molecule has 1 aliphatic carbocycles. The van der Waals surface area contributed by atoms with Gasteiger partial charge < -0.3 is 19.7 Å². The molecule has 33 heavy (non-hydrogen) atoms. The van der Waals surface area contributed by atoms with E-state index in [0.717, 1.165) is 12.1 Å². The van der Waals surface area contributed by atoms with E-state index < -0.39 is 5.97 Å². The van der Waals surface area contributed by atoms with E-state index in [2.05, 4.69) is 21.4 Å². The molecule has 0 amide bonds. The highest BCUT2D eigenvalue weighted by molar-refractivity contribution is 6.32. The molecule has 0 aliphatic heterocycles. The average molecular weight is 466 g/mol. The van der Waals surface area contributed by atoms with E-state index in [9.17, 15) is 9.90 Å². The number of carbonyl (C=O) groups is 1. The number of carboxylic acid groups (broad SMARTS) is 1. The van der Waals surface area contributed by atoms with Crippen LogP contribution in [0.4, 0.5) is 5.69 Å². The Bertz CT molecular complexity index is 1210. The summed E-state index contributed by atoms with van der Waals surface area (Å²) in [5.41, 5.74) is 2.82. The third-order valence-electron chi connectivity index (χ3n) is 5.54. The van der Waals surface area contributed by atoms with Gasteiger partial charge in [0.15, 0.2) is 0 Å². The van der Waals surface area contributed by atoms with E-state index in [1.165, 1.54) is 0 Å². The summed E-state index contributed by atoms with van der Waals surface area (Å²) in [5, 5.41) is 17.1. The van der Waals surface area contributed by atoms with Crippen LogP contribution >= 0.6 is 11.6 Å². The summed E-state index contributed by atoms with van der Waals surface area (Å²) in [5.74, 6) is 2.95. The maximum Gasteiger partial charge on any atom is 0.306 e. The van der Waals surface area contributed by atoms with Crippen LogP contribution < -0.4 is 10.1 Å². The number of terminal acetylenes is 1. The third-order valence-corrected chi connectivity index (χ3v) is 5.84. The van der Waals surface area contributed by atoms with E-state index >= 15 is 0 Å². The van der Waals surface area contributed by atoms with Gasteiger partial charge in [0, 0.05) is 22.7 Å². The van der Waals surface area contributed by atoms with Gasteiger partial charge >= 0.3 is 5.97 Å². The number of carboxylic acids is 1. The predicted molar refractivity (Wildman–Crippen MR) is 126 cm³/mol.